The lowest BCUT2D eigenvalue weighted by Gasteiger charge is -2.29. The quantitative estimate of drug-likeness (QED) is 0.849. The van der Waals surface area contributed by atoms with Gasteiger partial charge in [-0.05, 0) is 37.5 Å². The van der Waals surface area contributed by atoms with E-state index >= 15 is 0 Å². The van der Waals surface area contributed by atoms with Gasteiger partial charge in [0.15, 0.2) is 11.5 Å². The van der Waals surface area contributed by atoms with Crippen molar-refractivity contribution >= 4 is 5.82 Å². The van der Waals surface area contributed by atoms with Crippen LogP contribution in [0.25, 0.3) is 0 Å². The van der Waals surface area contributed by atoms with Crippen molar-refractivity contribution in [3.8, 4) is 17.6 Å². The second kappa shape index (κ2) is 6.04. The molecule has 0 N–H and O–H groups in total. The predicted molar refractivity (Wildman–Crippen MR) is 90.4 cm³/mol. The van der Waals surface area contributed by atoms with Gasteiger partial charge in [0.25, 0.3) is 0 Å². The average molecular weight is 321 g/mol. The second-order valence-corrected chi connectivity index (χ2v) is 6.17. The lowest BCUT2D eigenvalue weighted by Crippen LogP contribution is -2.25. The number of hydrogen-bond acceptors (Lipinski definition) is 5. The van der Waals surface area contributed by atoms with Crippen molar-refractivity contribution in [2.75, 3.05) is 24.7 Å². The number of anilines is 1. The number of rotatable bonds is 2. The van der Waals surface area contributed by atoms with E-state index in [4.69, 9.17) is 9.47 Å². The van der Waals surface area contributed by atoms with Gasteiger partial charge in [-0.1, -0.05) is 18.2 Å². The van der Waals surface area contributed by atoms with Crippen LogP contribution < -0.4 is 14.4 Å². The number of aromatic nitrogens is 1. The summed E-state index contributed by atoms with van der Waals surface area (Å²) < 4.78 is 11.6. The van der Waals surface area contributed by atoms with Crippen LogP contribution in [0.15, 0.2) is 30.3 Å². The molecule has 24 heavy (non-hydrogen) atoms. The van der Waals surface area contributed by atoms with Crippen LogP contribution in [0.1, 0.15) is 35.7 Å². The van der Waals surface area contributed by atoms with Crippen LogP contribution in [0.2, 0.25) is 0 Å². The fraction of sp³-hybridized carbons (Fsp3) is 0.368. The van der Waals surface area contributed by atoms with E-state index < -0.39 is 0 Å². The number of pyridine rings is 1. The molecule has 0 aliphatic carbocycles. The van der Waals surface area contributed by atoms with Gasteiger partial charge in [-0.3, -0.25) is 0 Å². The largest absolute Gasteiger partial charge is 0.486 e. The smallest absolute Gasteiger partial charge is 0.166 e. The molecule has 1 atom stereocenters. The van der Waals surface area contributed by atoms with Crippen molar-refractivity contribution in [1.82, 2.24) is 4.98 Å². The summed E-state index contributed by atoms with van der Waals surface area (Å²) in [6.07, 6.45) is 2.13. The summed E-state index contributed by atoms with van der Waals surface area (Å²) in [4.78, 5) is 6.83. The lowest BCUT2D eigenvalue weighted by molar-refractivity contribution is 0.169. The summed E-state index contributed by atoms with van der Waals surface area (Å²) in [5.74, 6) is 2.53. The molecule has 1 unspecified atom stereocenters. The molecule has 0 saturated carbocycles. The zero-order valence-electron chi connectivity index (χ0n) is 13.7. The van der Waals surface area contributed by atoms with E-state index in [1.54, 1.807) is 0 Å². The molecule has 5 nitrogen and oxygen atoms in total. The standard InChI is InChI=1S/C19H19N3O2/c1-13-7-8-18(21-15(13)12-20)22-9-3-5-16(22)14-4-2-6-17-19(14)24-11-10-23-17/h2,4,6-8,16H,3,5,9-11H2,1H3. The highest BCUT2D eigenvalue weighted by molar-refractivity contribution is 5.54. The number of aryl methyl sites for hydroxylation is 1. The fourth-order valence-corrected chi connectivity index (χ4v) is 3.51. The van der Waals surface area contributed by atoms with Crippen LogP contribution in [0, 0.1) is 18.3 Å². The number of hydrogen-bond donors (Lipinski definition) is 0. The number of nitriles is 1. The van der Waals surface area contributed by atoms with Crippen LogP contribution in [0.4, 0.5) is 5.82 Å². The van der Waals surface area contributed by atoms with Crippen LogP contribution in [-0.4, -0.2) is 24.7 Å². The lowest BCUT2D eigenvalue weighted by atomic mass is 10.0. The molecule has 2 aliphatic rings. The Kier molecular flexibility index (Phi) is 3.73. The van der Waals surface area contributed by atoms with Crippen molar-refractivity contribution in [3.63, 3.8) is 0 Å². The molecular weight excluding hydrogens is 302 g/mol. The van der Waals surface area contributed by atoms with Crippen molar-refractivity contribution in [3.05, 3.63) is 47.2 Å². The van der Waals surface area contributed by atoms with Crippen LogP contribution in [-0.2, 0) is 0 Å². The Morgan fingerprint density at radius 1 is 1.21 bits per heavy atom. The average Bonchev–Trinajstić information content (AvgIpc) is 3.11. The molecule has 1 aromatic heterocycles. The molecule has 4 rings (SSSR count). The molecule has 122 valence electrons. The van der Waals surface area contributed by atoms with Gasteiger partial charge in [0.05, 0.1) is 6.04 Å². The van der Waals surface area contributed by atoms with Gasteiger partial charge >= 0.3 is 0 Å². The van der Waals surface area contributed by atoms with E-state index in [0.29, 0.717) is 18.9 Å². The molecule has 1 fully saturated rings. The second-order valence-electron chi connectivity index (χ2n) is 6.17. The maximum Gasteiger partial charge on any atom is 0.166 e. The van der Waals surface area contributed by atoms with Gasteiger partial charge in [-0.2, -0.15) is 5.26 Å². The number of para-hydroxylation sites is 1. The summed E-state index contributed by atoms with van der Waals surface area (Å²) >= 11 is 0. The third-order valence-corrected chi connectivity index (χ3v) is 4.69. The first-order valence-corrected chi connectivity index (χ1v) is 8.31. The Morgan fingerprint density at radius 2 is 2.08 bits per heavy atom. The third-order valence-electron chi connectivity index (χ3n) is 4.69. The molecule has 2 aromatic rings. The highest BCUT2D eigenvalue weighted by Gasteiger charge is 2.31. The highest BCUT2D eigenvalue weighted by atomic mass is 16.6. The molecule has 0 radical (unpaired) electrons. The van der Waals surface area contributed by atoms with E-state index in [9.17, 15) is 5.26 Å². The number of fused-ring (bicyclic) bond motifs is 1. The van der Waals surface area contributed by atoms with Crippen LogP contribution in [0.3, 0.4) is 0 Å². The van der Waals surface area contributed by atoms with Gasteiger partial charge in [-0.15, -0.1) is 0 Å². The number of ether oxygens (including phenoxy) is 2. The summed E-state index contributed by atoms with van der Waals surface area (Å²) in [7, 11) is 0. The summed E-state index contributed by atoms with van der Waals surface area (Å²) in [5, 5.41) is 9.26. The van der Waals surface area contributed by atoms with E-state index in [1.165, 1.54) is 0 Å². The number of benzene rings is 1. The van der Waals surface area contributed by atoms with Crippen LogP contribution in [0.5, 0.6) is 11.5 Å². The molecule has 3 heterocycles. The zero-order chi connectivity index (χ0) is 16.5. The molecule has 5 heteroatoms. The van der Waals surface area contributed by atoms with Gasteiger partial charge in [0.1, 0.15) is 30.8 Å². The third kappa shape index (κ3) is 2.44. The predicted octanol–water partition coefficient (Wildman–Crippen LogP) is 3.37. The van der Waals surface area contributed by atoms with Gasteiger partial charge in [0.2, 0.25) is 0 Å². The van der Waals surface area contributed by atoms with Crippen molar-refractivity contribution < 1.29 is 9.47 Å². The first kappa shape index (κ1) is 14.8. The summed E-state index contributed by atoms with van der Waals surface area (Å²) in [5.41, 5.74) is 2.55. The molecule has 0 amide bonds. The Bertz CT molecular complexity index is 813. The summed E-state index contributed by atoms with van der Waals surface area (Å²) in [6.45, 7) is 4.01. The molecule has 1 saturated heterocycles. The van der Waals surface area contributed by atoms with Gasteiger partial charge in [-0.25, -0.2) is 4.98 Å². The van der Waals surface area contributed by atoms with Crippen molar-refractivity contribution in [1.29, 1.82) is 5.26 Å². The minimum Gasteiger partial charge on any atom is -0.486 e. The first-order chi connectivity index (χ1) is 11.8. The Balaban J connectivity index is 1.73. The first-order valence-electron chi connectivity index (χ1n) is 8.31. The molecule has 0 spiro atoms. The Labute approximate surface area is 141 Å². The molecule has 1 aromatic carbocycles. The zero-order valence-corrected chi connectivity index (χ0v) is 13.7. The SMILES string of the molecule is Cc1ccc(N2CCCC2c2cccc3c2OCCO3)nc1C#N. The minimum atomic E-state index is 0.198. The normalized spacial score (nSPS) is 19.2. The van der Waals surface area contributed by atoms with Crippen molar-refractivity contribution in [2.24, 2.45) is 0 Å². The van der Waals surface area contributed by atoms with Gasteiger partial charge < -0.3 is 14.4 Å². The van der Waals surface area contributed by atoms with E-state index in [0.717, 1.165) is 47.8 Å². The minimum absolute atomic E-state index is 0.198. The summed E-state index contributed by atoms with van der Waals surface area (Å²) in [6, 6.07) is 12.4. The van der Waals surface area contributed by atoms with E-state index in [-0.39, 0.29) is 6.04 Å². The van der Waals surface area contributed by atoms with E-state index in [1.807, 2.05) is 31.2 Å². The molecular formula is C19H19N3O2. The monoisotopic (exact) mass is 321 g/mol. The Hall–Kier alpha value is -2.74. The molecule has 2 aliphatic heterocycles. The molecule has 0 bridgehead atoms. The van der Waals surface area contributed by atoms with Gasteiger partial charge in [0, 0.05) is 12.1 Å². The maximum atomic E-state index is 9.26. The topological polar surface area (TPSA) is 58.4 Å². The number of nitrogens with zero attached hydrogens (tertiary/aromatic N) is 3. The van der Waals surface area contributed by atoms with E-state index in [2.05, 4.69) is 22.0 Å². The Morgan fingerprint density at radius 3 is 2.96 bits per heavy atom. The highest BCUT2D eigenvalue weighted by Crippen LogP contribution is 2.44. The fourth-order valence-electron chi connectivity index (χ4n) is 3.51. The van der Waals surface area contributed by atoms with Crippen molar-refractivity contribution in [2.45, 2.75) is 25.8 Å². The maximum absolute atomic E-state index is 9.26. The van der Waals surface area contributed by atoms with Crippen LogP contribution >= 0.6 is 0 Å².